The summed E-state index contributed by atoms with van der Waals surface area (Å²) in [6, 6.07) is 0.108. The van der Waals surface area contributed by atoms with Crippen molar-refractivity contribution < 1.29 is 14.6 Å². The Bertz CT molecular complexity index is 232. The number of carbonyl (C=O) groups is 1. The average molecular weight is 244 g/mol. The first kappa shape index (κ1) is 14.4. The van der Waals surface area contributed by atoms with E-state index < -0.39 is 0 Å². The van der Waals surface area contributed by atoms with Crippen LogP contribution in [-0.2, 0) is 9.53 Å². The Balaban J connectivity index is 2.38. The van der Waals surface area contributed by atoms with Gasteiger partial charge >= 0.3 is 0 Å². The molecule has 0 bridgehead atoms. The van der Waals surface area contributed by atoms with Crippen LogP contribution in [0.1, 0.15) is 32.1 Å². The quantitative estimate of drug-likeness (QED) is 0.615. The topological polar surface area (TPSA) is 84.6 Å². The lowest BCUT2D eigenvalue weighted by Crippen LogP contribution is -2.44. The molecule has 3 unspecified atom stereocenters. The Morgan fingerprint density at radius 3 is 2.82 bits per heavy atom. The maximum Gasteiger partial charge on any atom is 0.222 e. The SMILES string of the molecule is COC(CN)CC(=O)NC1CCCCC1CO. The average Bonchev–Trinajstić information content (AvgIpc) is 2.36. The summed E-state index contributed by atoms with van der Waals surface area (Å²) in [7, 11) is 1.56. The molecule has 0 radical (unpaired) electrons. The third-order valence-corrected chi connectivity index (χ3v) is 3.50. The molecule has 1 amide bonds. The fraction of sp³-hybridized carbons (Fsp3) is 0.917. The molecule has 100 valence electrons. The van der Waals surface area contributed by atoms with Gasteiger partial charge in [0.25, 0.3) is 0 Å². The number of rotatable bonds is 6. The van der Waals surface area contributed by atoms with Gasteiger partial charge in [0.05, 0.1) is 12.5 Å². The van der Waals surface area contributed by atoms with Crippen LogP contribution in [0, 0.1) is 5.92 Å². The summed E-state index contributed by atoms with van der Waals surface area (Å²) in [6.45, 7) is 0.494. The minimum atomic E-state index is -0.217. The summed E-state index contributed by atoms with van der Waals surface area (Å²) in [5.74, 6) is 0.166. The van der Waals surface area contributed by atoms with Crippen molar-refractivity contribution in [1.82, 2.24) is 5.32 Å². The molecule has 0 heterocycles. The highest BCUT2D eigenvalue weighted by molar-refractivity contribution is 5.76. The molecular formula is C12H24N2O3. The predicted molar refractivity (Wildman–Crippen MR) is 65.4 cm³/mol. The van der Waals surface area contributed by atoms with E-state index in [-0.39, 0.29) is 30.6 Å². The molecule has 0 aromatic heterocycles. The van der Waals surface area contributed by atoms with Crippen molar-refractivity contribution in [2.75, 3.05) is 20.3 Å². The molecule has 0 saturated heterocycles. The number of hydrogen-bond donors (Lipinski definition) is 3. The summed E-state index contributed by atoms with van der Waals surface area (Å²) in [4.78, 5) is 11.8. The second kappa shape index (κ2) is 7.63. The van der Waals surface area contributed by atoms with E-state index in [1.807, 2.05) is 0 Å². The lowest BCUT2D eigenvalue weighted by molar-refractivity contribution is -0.124. The molecule has 0 aromatic carbocycles. The van der Waals surface area contributed by atoms with Crippen molar-refractivity contribution in [2.24, 2.45) is 11.7 Å². The Labute approximate surface area is 103 Å². The third-order valence-electron chi connectivity index (χ3n) is 3.50. The molecule has 5 nitrogen and oxygen atoms in total. The highest BCUT2D eigenvalue weighted by Gasteiger charge is 2.26. The molecule has 1 saturated carbocycles. The molecule has 1 aliphatic rings. The molecule has 5 heteroatoms. The van der Waals surface area contributed by atoms with Gasteiger partial charge in [-0.25, -0.2) is 0 Å². The normalized spacial score (nSPS) is 26.5. The number of amides is 1. The van der Waals surface area contributed by atoms with Crippen molar-refractivity contribution in [1.29, 1.82) is 0 Å². The van der Waals surface area contributed by atoms with Gasteiger partial charge in [0, 0.05) is 32.2 Å². The number of nitrogens with two attached hydrogens (primary N) is 1. The number of aliphatic hydroxyl groups is 1. The molecule has 0 aromatic rings. The number of methoxy groups -OCH3 is 1. The minimum Gasteiger partial charge on any atom is -0.396 e. The zero-order valence-corrected chi connectivity index (χ0v) is 10.5. The smallest absolute Gasteiger partial charge is 0.222 e. The summed E-state index contributed by atoms with van der Waals surface area (Å²) in [5, 5.41) is 12.2. The number of ether oxygens (including phenoxy) is 1. The Kier molecular flexibility index (Phi) is 6.47. The van der Waals surface area contributed by atoms with Crippen LogP contribution in [0.5, 0.6) is 0 Å². The number of aliphatic hydroxyl groups excluding tert-OH is 1. The Morgan fingerprint density at radius 1 is 1.53 bits per heavy atom. The zero-order chi connectivity index (χ0) is 12.7. The number of nitrogens with one attached hydrogen (secondary N) is 1. The van der Waals surface area contributed by atoms with Crippen LogP contribution in [0.25, 0.3) is 0 Å². The van der Waals surface area contributed by atoms with Gasteiger partial charge < -0.3 is 20.9 Å². The van der Waals surface area contributed by atoms with Crippen molar-refractivity contribution in [3.8, 4) is 0 Å². The van der Waals surface area contributed by atoms with Gasteiger partial charge in [-0.3, -0.25) is 4.79 Å². The summed E-state index contributed by atoms with van der Waals surface area (Å²) < 4.78 is 5.08. The highest BCUT2D eigenvalue weighted by atomic mass is 16.5. The van der Waals surface area contributed by atoms with Crippen LogP contribution in [0.3, 0.4) is 0 Å². The molecule has 0 aliphatic heterocycles. The number of carbonyl (C=O) groups excluding carboxylic acids is 1. The standard InChI is InChI=1S/C12H24N2O3/c1-17-10(7-13)6-12(16)14-11-5-3-2-4-9(11)8-15/h9-11,15H,2-8,13H2,1H3,(H,14,16). The van der Waals surface area contributed by atoms with Crippen LogP contribution >= 0.6 is 0 Å². The van der Waals surface area contributed by atoms with E-state index in [0.29, 0.717) is 13.0 Å². The van der Waals surface area contributed by atoms with Gasteiger partial charge in [-0.05, 0) is 12.8 Å². The van der Waals surface area contributed by atoms with Gasteiger partial charge in [0.2, 0.25) is 5.91 Å². The van der Waals surface area contributed by atoms with Gasteiger partial charge in [-0.15, -0.1) is 0 Å². The summed E-state index contributed by atoms with van der Waals surface area (Å²) in [5.41, 5.74) is 5.47. The summed E-state index contributed by atoms with van der Waals surface area (Å²) >= 11 is 0. The van der Waals surface area contributed by atoms with E-state index in [1.54, 1.807) is 7.11 Å². The van der Waals surface area contributed by atoms with E-state index in [2.05, 4.69) is 5.32 Å². The van der Waals surface area contributed by atoms with E-state index >= 15 is 0 Å². The molecule has 4 N–H and O–H groups in total. The van der Waals surface area contributed by atoms with Crippen LogP contribution in [0.4, 0.5) is 0 Å². The molecule has 1 aliphatic carbocycles. The maximum absolute atomic E-state index is 11.8. The van der Waals surface area contributed by atoms with Gasteiger partial charge in [0.1, 0.15) is 0 Å². The maximum atomic E-state index is 11.8. The third kappa shape index (κ3) is 4.61. The van der Waals surface area contributed by atoms with Crippen molar-refractivity contribution in [3.63, 3.8) is 0 Å². The van der Waals surface area contributed by atoms with Crippen molar-refractivity contribution in [2.45, 2.75) is 44.2 Å². The first-order valence-electron chi connectivity index (χ1n) is 6.34. The largest absolute Gasteiger partial charge is 0.396 e. The Morgan fingerprint density at radius 2 is 2.24 bits per heavy atom. The Hall–Kier alpha value is -0.650. The second-order valence-corrected chi connectivity index (χ2v) is 4.70. The van der Waals surface area contributed by atoms with Crippen molar-refractivity contribution >= 4 is 5.91 Å². The van der Waals surface area contributed by atoms with Crippen LogP contribution < -0.4 is 11.1 Å². The lowest BCUT2D eigenvalue weighted by Gasteiger charge is -2.31. The van der Waals surface area contributed by atoms with Gasteiger partial charge in [-0.1, -0.05) is 12.8 Å². The summed E-state index contributed by atoms with van der Waals surface area (Å²) in [6.07, 6.45) is 4.28. The molecule has 1 fully saturated rings. The molecular weight excluding hydrogens is 220 g/mol. The fourth-order valence-electron chi connectivity index (χ4n) is 2.35. The van der Waals surface area contributed by atoms with E-state index in [4.69, 9.17) is 10.5 Å². The molecule has 0 spiro atoms. The van der Waals surface area contributed by atoms with Crippen molar-refractivity contribution in [3.05, 3.63) is 0 Å². The molecule has 1 rings (SSSR count). The highest BCUT2D eigenvalue weighted by Crippen LogP contribution is 2.24. The van der Waals surface area contributed by atoms with Crippen LogP contribution in [0.15, 0.2) is 0 Å². The van der Waals surface area contributed by atoms with Crippen LogP contribution in [0.2, 0.25) is 0 Å². The zero-order valence-electron chi connectivity index (χ0n) is 10.5. The van der Waals surface area contributed by atoms with Crippen LogP contribution in [-0.4, -0.2) is 43.4 Å². The second-order valence-electron chi connectivity index (χ2n) is 4.70. The first-order valence-corrected chi connectivity index (χ1v) is 6.34. The fourth-order valence-corrected chi connectivity index (χ4v) is 2.35. The van der Waals surface area contributed by atoms with E-state index in [0.717, 1.165) is 25.7 Å². The molecule has 17 heavy (non-hydrogen) atoms. The van der Waals surface area contributed by atoms with Gasteiger partial charge in [-0.2, -0.15) is 0 Å². The van der Waals surface area contributed by atoms with Gasteiger partial charge in [0.15, 0.2) is 0 Å². The predicted octanol–water partition coefficient (Wildman–Crippen LogP) is 0.0175. The van der Waals surface area contributed by atoms with E-state index in [9.17, 15) is 9.90 Å². The lowest BCUT2D eigenvalue weighted by atomic mass is 9.85. The molecule has 3 atom stereocenters. The first-order chi connectivity index (χ1) is 8.21. The minimum absolute atomic E-state index is 0.0346. The number of hydrogen-bond acceptors (Lipinski definition) is 4. The monoisotopic (exact) mass is 244 g/mol. The van der Waals surface area contributed by atoms with E-state index in [1.165, 1.54) is 0 Å².